The molecule has 1 amide bonds. The van der Waals surface area contributed by atoms with Gasteiger partial charge in [-0.1, -0.05) is 17.3 Å². The van der Waals surface area contributed by atoms with Gasteiger partial charge in [-0.3, -0.25) is 9.48 Å². The average Bonchev–Trinajstić information content (AvgIpc) is 3.10. The first-order chi connectivity index (χ1) is 12.3. The molecule has 0 aliphatic rings. The molecule has 3 aromatic rings. The molecule has 0 aliphatic heterocycles. The number of ether oxygens (including phenoxy) is 1. The fraction of sp³-hybridized carbons (Fsp3) is 0.316. The molecule has 0 spiro atoms. The third kappa shape index (κ3) is 3.61. The Bertz CT molecular complexity index is 956. The highest BCUT2D eigenvalue weighted by molar-refractivity contribution is 6.03. The van der Waals surface area contributed by atoms with E-state index in [-0.39, 0.29) is 18.2 Å². The van der Waals surface area contributed by atoms with Crippen LogP contribution in [0.1, 0.15) is 38.6 Å². The quantitative estimate of drug-likeness (QED) is 0.758. The molecule has 7 heteroatoms. The molecule has 0 fully saturated rings. The lowest BCUT2D eigenvalue weighted by molar-refractivity contribution is 0.101. The van der Waals surface area contributed by atoms with Crippen LogP contribution in [0.15, 0.2) is 28.8 Å². The number of aryl methyl sites for hydroxylation is 5. The van der Waals surface area contributed by atoms with Gasteiger partial charge >= 0.3 is 0 Å². The number of hydrogen-bond acceptors (Lipinski definition) is 5. The van der Waals surface area contributed by atoms with E-state index in [1.807, 2.05) is 39.0 Å². The first-order valence-corrected chi connectivity index (χ1v) is 8.32. The molecular weight excluding hydrogens is 332 g/mol. The molecular formula is C19H22N4O3. The molecule has 2 aromatic heterocycles. The summed E-state index contributed by atoms with van der Waals surface area (Å²) in [6, 6.07) is 7.79. The van der Waals surface area contributed by atoms with Gasteiger partial charge in [0.05, 0.1) is 11.3 Å². The van der Waals surface area contributed by atoms with E-state index >= 15 is 0 Å². The van der Waals surface area contributed by atoms with E-state index < -0.39 is 0 Å². The maximum atomic E-state index is 12.6. The Morgan fingerprint density at radius 3 is 2.69 bits per heavy atom. The predicted molar refractivity (Wildman–Crippen MR) is 97.4 cm³/mol. The van der Waals surface area contributed by atoms with Crippen molar-refractivity contribution >= 4 is 11.7 Å². The van der Waals surface area contributed by atoms with E-state index in [2.05, 4.69) is 15.6 Å². The average molecular weight is 354 g/mol. The second kappa shape index (κ2) is 7.03. The van der Waals surface area contributed by atoms with Crippen LogP contribution in [0.2, 0.25) is 0 Å². The number of nitrogens with zero attached hydrogens (tertiary/aromatic N) is 3. The first-order valence-electron chi connectivity index (χ1n) is 8.32. The summed E-state index contributed by atoms with van der Waals surface area (Å²) in [6.45, 7) is 7.81. The van der Waals surface area contributed by atoms with Crippen LogP contribution in [0.4, 0.5) is 5.82 Å². The number of benzene rings is 1. The van der Waals surface area contributed by atoms with Gasteiger partial charge in [0.15, 0.2) is 5.69 Å². The Morgan fingerprint density at radius 2 is 2.00 bits per heavy atom. The summed E-state index contributed by atoms with van der Waals surface area (Å²) in [4.78, 5) is 12.6. The summed E-state index contributed by atoms with van der Waals surface area (Å²) in [6.07, 6.45) is 0. The van der Waals surface area contributed by atoms with Gasteiger partial charge in [0.1, 0.15) is 23.9 Å². The molecule has 2 heterocycles. The summed E-state index contributed by atoms with van der Waals surface area (Å²) in [5, 5.41) is 10.9. The molecule has 1 N–H and O–H groups in total. The van der Waals surface area contributed by atoms with Crippen LogP contribution in [0.3, 0.4) is 0 Å². The van der Waals surface area contributed by atoms with Crippen LogP contribution in [0, 0.1) is 27.7 Å². The van der Waals surface area contributed by atoms with Crippen molar-refractivity contribution in [1.82, 2.24) is 14.9 Å². The fourth-order valence-electron chi connectivity index (χ4n) is 2.66. The van der Waals surface area contributed by atoms with Gasteiger partial charge in [-0.25, -0.2) is 0 Å². The monoisotopic (exact) mass is 354 g/mol. The third-order valence-corrected chi connectivity index (χ3v) is 4.16. The number of carbonyl (C=O) groups is 1. The predicted octanol–water partition coefficient (Wildman–Crippen LogP) is 3.47. The van der Waals surface area contributed by atoms with Gasteiger partial charge in [0, 0.05) is 13.1 Å². The van der Waals surface area contributed by atoms with Crippen LogP contribution in [0.5, 0.6) is 5.75 Å². The zero-order valence-corrected chi connectivity index (χ0v) is 15.6. The Labute approximate surface area is 151 Å². The minimum Gasteiger partial charge on any atom is -0.488 e. The van der Waals surface area contributed by atoms with Gasteiger partial charge in [-0.15, -0.1) is 0 Å². The van der Waals surface area contributed by atoms with Crippen LogP contribution in [-0.4, -0.2) is 20.8 Å². The van der Waals surface area contributed by atoms with E-state index in [0.29, 0.717) is 17.1 Å². The minimum atomic E-state index is -0.357. The molecule has 1 aromatic carbocycles. The highest BCUT2D eigenvalue weighted by atomic mass is 16.5. The van der Waals surface area contributed by atoms with Gasteiger partial charge in [0.25, 0.3) is 5.91 Å². The number of aromatic nitrogens is 3. The van der Waals surface area contributed by atoms with Crippen molar-refractivity contribution < 1.29 is 14.1 Å². The van der Waals surface area contributed by atoms with Crippen molar-refractivity contribution in [2.45, 2.75) is 34.3 Å². The standard InChI is InChI=1S/C19H22N4O3/c1-11-6-7-12(2)16(8-11)25-10-15-14(4)26-22-18(15)19(24)20-17-9-13(3)21-23(17)5/h6-9H,10H2,1-5H3,(H,20,24). The molecule has 0 aliphatic carbocycles. The van der Waals surface area contributed by atoms with E-state index in [1.54, 1.807) is 24.7 Å². The Kier molecular flexibility index (Phi) is 4.79. The molecule has 0 unspecified atom stereocenters. The SMILES string of the molecule is Cc1ccc(C)c(OCc2c(C(=O)Nc3cc(C)nn3C)noc2C)c1. The van der Waals surface area contributed by atoms with E-state index in [4.69, 9.17) is 9.26 Å². The van der Waals surface area contributed by atoms with Crippen molar-refractivity contribution in [3.05, 3.63) is 58.1 Å². The number of hydrogen-bond donors (Lipinski definition) is 1. The maximum absolute atomic E-state index is 12.6. The number of carbonyl (C=O) groups excluding carboxylic acids is 1. The molecule has 3 rings (SSSR count). The van der Waals surface area contributed by atoms with Gasteiger partial charge in [-0.05, 0) is 44.9 Å². The van der Waals surface area contributed by atoms with Crippen molar-refractivity contribution in [3.8, 4) is 5.75 Å². The van der Waals surface area contributed by atoms with Crippen molar-refractivity contribution in [3.63, 3.8) is 0 Å². The summed E-state index contributed by atoms with van der Waals surface area (Å²) >= 11 is 0. The fourth-order valence-corrected chi connectivity index (χ4v) is 2.66. The molecule has 0 atom stereocenters. The third-order valence-electron chi connectivity index (χ3n) is 4.16. The van der Waals surface area contributed by atoms with Crippen LogP contribution in [-0.2, 0) is 13.7 Å². The lowest BCUT2D eigenvalue weighted by Crippen LogP contribution is -2.17. The van der Waals surface area contributed by atoms with Gasteiger partial charge in [0.2, 0.25) is 0 Å². The highest BCUT2D eigenvalue weighted by Crippen LogP contribution is 2.23. The lowest BCUT2D eigenvalue weighted by Gasteiger charge is -2.10. The summed E-state index contributed by atoms with van der Waals surface area (Å²) < 4.78 is 12.7. The van der Waals surface area contributed by atoms with Crippen LogP contribution >= 0.6 is 0 Å². The van der Waals surface area contributed by atoms with Gasteiger partial charge in [-0.2, -0.15) is 5.10 Å². The Morgan fingerprint density at radius 1 is 1.23 bits per heavy atom. The maximum Gasteiger partial charge on any atom is 0.279 e. The smallest absolute Gasteiger partial charge is 0.279 e. The van der Waals surface area contributed by atoms with Crippen LogP contribution in [0.25, 0.3) is 0 Å². The number of nitrogens with one attached hydrogen (secondary N) is 1. The van der Waals surface area contributed by atoms with E-state index in [1.165, 1.54) is 0 Å². The largest absolute Gasteiger partial charge is 0.488 e. The topological polar surface area (TPSA) is 82.2 Å². The number of amides is 1. The van der Waals surface area contributed by atoms with Gasteiger partial charge < -0.3 is 14.6 Å². The summed E-state index contributed by atoms with van der Waals surface area (Å²) in [5.41, 5.74) is 3.80. The second-order valence-corrected chi connectivity index (χ2v) is 6.37. The van der Waals surface area contributed by atoms with E-state index in [9.17, 15) is 4.79 Å². The zero-order chi connectivity index (χ0) is 18.8. The molecule has 136 valence electrons. The molecule has 0 bridgehead atoms. The lowest BCUT2D eigenvalue weighted by atomic mass is 10.1. The van der Waals surface area contributed by atoms with Crippen LogP contribution < -0.4 is 10.1 Å². The summed E-state index contributed by atoms with van der Waals surface area (Å²) in [5.74, 6) is 1.57. The Hall–Kier alpha value is -3.09. The minimum absolute atomic E-state index is 0.201. The van der Waals surface area contributed by atoms with Crippen molar-refractivity contribution in [2.75, 3.05) is 5.32 Å². The molecule has 7 nitrogen and oxygen atoms in total. The number of anilines is 1. The van der Waals surface area contributed by atoms with Crippen molar-refractivity contribution in [1.29, 1.82) is 0 Å². The molecule has 0 saturated heterocycles. The number of rotatable bonds is 5. The molecule has 0 radical (unpaired) electrons. The molecule has 26 heavy (non-hydrogen) atoms. The Balaban J connectivity index is 1.79. The van der Waals surface area contributed by atoms with Crippen molar-refractivity contribution in [2.24, 2.45) is 7.05 Å². The van der Waals surface area contributed by atoms with E-state index in [0.717, 1.165) is 22.6 Å². The first kappa shape index (κ1) is 17.7. The highest BCUT2D eigenvalue weighted by Gasteiger charge is 2.21. The summed E-state index contributed by atoms with van der Waals surface area (Å²) in [7, 11) is 1.77. The normalized spacial score (nSPS) is 10.8. The zero-order valence-electron chi connectivity index (χ0n) is 15.6. The second-order valence-electron chi connectivity index (χ2n) is 6.37. The molecule has 0 saturated carbocycles.